The maximum absolute atomic E-state index is 11.8. The van der Waals surface area contributed by atoms with Crippen molar-refractivity contribution in [2.24, 2.45) is 0 Å². The van der Waals surface area contributed by atoms with Crippen molar-refractivity contribution in [1.82, 2.24) is 0 Å². The van der Waals surface area contributed by atoms with Crippen LogP contribution < -0.4 is 9.47 Å². The summed E-state index contributed by atoms with van der Waals surface area (Å²) in [7, 11) is 0. The lowest BCUT2D eigenvalue weighted by Crippen LogP contribution is -2.34. The van der Waals surface area contributed by atoms with E-state index in [4.69, 9.17) is 108 Å². The molecule has 2 unspecified atom stereocenters. The molecule has 0 aliphatic carbocycles. The lowest BCUT2D eigenvalue weighted by molar-refractivity contribution is -0.140. The first-order valence-corrected chi connectivity index (χ1v) is 34.9. The van der Waals surface area contributed by atoms with Crippen LogP contribution in [-0.2, 0) is 54.3 Å². The van der Waals surface area contributed by atoms with E-state index in [1.54, 1.807) is 0 Å². The Balaban J connectivity index is 0.996. The van der Waals surface area contributed by atoms with Gasteiger partial charge in [-0.1, -0.05) is 169 Å². The predicted octanol–water partition coefficient (Wildman–Crippen LogP) is 20.9. The third kappa shape index (κ3) is 19.7. The van der Waals surface area contributed by atoms with Gasteiger partial charge in [-0.05, 0) is 218 Å². The SMILES string of the molecule is C=CC(=O)OCCOCC(COc1c(Br)cc(C(C)(C)c2cc(Br)c(OCC(COCCOC(=O)C=C)OCCC(c3ccc(Cl)cc3)(c3ccc(Cl)cc3)c3ccc(Cl)cc3)c(Br)c2)cc1Br)OCCC(c1ccc(Cl)cc1)(c1ccc(Cl)cc1)c1ccc(Cl)cc1. The fourth-order valence-electron chi connectivity index (χ4n) is 10.9. The normalized spacial score (nSPS) is 12.4. The second-order valence-corrected chi connectivity index (χ2v) is 28.1. The van der Waals surface area contributed by atoms with Crippen molar-refractivity contribution < 1.29 is 47.5 Å². The van der Waals surface area contributed by atoms with Gasteiger partial charge in [-0.25, -0.2) is 9.59 Å². The first kappa shape index (κ1) is 74.1. The molecule has 0 aromatic heterocycles. The number of carbonyl (C=O) groups is 2. The summed E-state index contributed by atoms with van der Waals surface area (Å²) in [6.07, 6.45) is 1.99. The third-order valence-corrected chi connectivity index (χ3v) is 19.7. The molecule has 0 bridgehead atoms. The molecule has 0 radical (unpaired) electrons. The van der Waals surface area contributed by atoms with Crippen LogP contribution in [0.5, 0.6) is 11.5 Å². The van der Waals surface area contributed by atoms with Crippen molar-refractivity contribution >= 4 is 145 Å². The van der Waals surface area contributed by atoms with Crippen LogP contribution >= 0.6 is 133 Å². The van der Waals surface area contributed by atoms with Crippen molar-refractivity contribution in [3.8, 4) is 11.5 Å². The summed E-state index contributed by atoms with van der Waals surface area (Å²) in [6, 6.07) is 54.9. The highest BCUT2D eigenvalue weighted by Crippen LogP contribution is 2.47. The third-order valence-electron chi connectivity index (χ3n) is 15.8. The molecule has 0 amide bonds. The first-order valence-electron chi connectivity index (χ1n) is 29.4. The topological polar surface area (TPSA) is 108 Å². The molecule has 8 aromatic rings. The molecular formula is C73H66Br4Cl6O10. The molecule has 8 rings (SSSR count). The van der Waals surface area contributed by atoms with E-state index in [1.165, 1.54) is 0 Å². The van der Waals surface area contributed by atoms with Gasteiger partial charge in [0.25, 0.3) is 0 Å². The van der Waals surface area contributed by atoms with Gasteiger partial charge in [0, 0.05) is 71.7 Å². The molecule has 0 fully saturated rings. The van der Waals surface area contributed by atoms with Crippen molar-refractivity contribution in [1.29, 1.82) is 0 Å². The quantitative estimate of drug-likeness (QED) is 0.0167. The lowest BCUT2D eigenvalue weighted by atomic mass is 9.67. The standard InChI is InChI=1S/C73H66Br4Cl6O10/c1-5-67(84)90-37-35-86-43-61(88-33-31-72(47-7-19-55(78)20-8-47,48-9-21-56(79)22-10-48)49-11-23-57(80)24-12-49)45-92-69-63(74)39-53(40-64(69)75)71(3,4)54-41-65(76)70(66(77)42-54)93-46-62(44-87-36-38-91-68(85)6-2)89-34-32-73(50-13-25-58(81)26-14-50,51-15-27-59(82)28-16-51)52-17-29-60(83)30-18-52/h5-30,39-42,61-62H,1-2,31-38,43-46H2,3-4H3. The minimum atomic E-state index is -0.729. The highest BCUT2D eigenvalue weighted by molar-refractivity contribution is 9.11. The van der Waals surface area contributed by atoms with Gasteiger partial charge in [0.15, 0.2) is 0 Å². The Labute approximate surface area is 607 Å². The molecule has 488 valence electrons. The molecule has 93 heavy (non-hydrogen) atoms. The molecule has 20 heteroatoms. The number of hydrogen-bond acceptors (Lipinski definition) is 10. The van der Waals surface area contributed by atoms with Crippen molar-refractivity contribution in [2.75, 3.05) is 66.1 Å². The number of esters is 2. The van der Waals surface area contributed by atoms with Crippen LogP contribution in [0.4, 0.5) is 0 Å². The zero-order chi connectivity index (χ0) is 66.7. The fourth-order valence-corrected chi connectivity index (χ4v) is 14.5. The lowest BCUT2D eigenvalue weighted by Gasteiger charge is -2.36. The number of halogens is 10. The maximum atomic E-state index is 11.8. The number of hydrogen-bond donors (Lipinski definition) is 0. The van der Waals surface area contributed by atoms with Crippen LogP contribution in [0.15, 0.2) is 213 Å². The van der Waals surface area contributed by atoms with Crippen LogP contribution in [0.3, 0.4) is 0 Å². The van der Waals surface area contributed by atoms with Gasteiger partial charge < -0.3 is 37.9 Å². The van der Waals surface area contributed by atoms with E-state index in [9.17, 15) is 9.59 Å². The van der Waals surface area contributed by atoms with Gasteiger partial charge in [-0.2, -0.15) is 0 Å². The number of carbonyl (C=O) groups excluding carboxylic acids is 2. The molecule has 0 aliphatic heterocycles. The van der Waals surface area contributed by atoms with Crippen LogP contribution in [0.25, 0.3) is 0 Å². The Morgan fingerprint density at radius 3 is 0.871 bits per heavy atom. The molecule has 10 nitrogen and oxygen atoms in total. The minimum absolute atomic E-state index is 0.0278. The highest BCUT2D eigenvalue weighted by Gasteiger charge is 2.39. The predicted molar refractivity (Wildman–Crippen MR) is 388 cm³/mol. The number of rotatable bonds is 34. The van der Waals surface area contributed by atoms with Crippen LogP contribution in [-0.4, -0.2) is 90.2 Å². The summed E-state index contributed by atoms with van der Waals surface area (Å²) in [5.74, 6) is 0.0132. The summed E-state index contributed by atoms with van der Waals surface area (Å²) in [4.78, 5) is 23.7. The summed E-state index contributed by atoms with van der Waals surface area (Å²) in [5, 5.41) is 3.63. The van der Waals surface area contributed by atoms with Gasteiger partial charge in [-0.3, -0.25) is 0 Å². The van der Waals surface area contributed by atoms with Crippen LogP contribution in [0.2, 0.25) is 30.1 Å². The van der Waals surface area contributed by atoms with E-state index in [0.29, 0.717) is 72.4 Å². The molecule has 0 saturated heterocycles. The van der Waals surface area contributed by atoms with E-state index in [1.807, 2.05) is 170 Å². The summed E-state index contributed by atoms with van der Waals surface area (Å²) >= 11 is 54.2. The number of ether oxygens (including phenoxy) is 8. The Kier molecular flexibility index (Phi) is 28.3. The van der Waals surface area contributed by atoms with Crippen molar-refractivity contribution in [3.63, 3.8) is 0 Å². The van der Waals surface area contributed by atoms with Gasteiger partial charge in [0.2, 0.25) is 0 Å². The zero-order valence-corrected chi connectivity index (χ0v) is 61.6. The number of benzene rings is 8. The van der Waals surface area contributed by atoms with Crippen molar-refractivity contribution in [3.05, 3.63) is 288 Å². The van der Waals surface area contributed by atoms with E-state index >= 15 is 0 Å². The van der Waals surface area contributed by atoms with E-state index in [0.717, 1.165) is 56.7 Å². The van der Waals surface area contributed by atoms with Gasteiger partial charge in [-0.15, -0.1) is 0 Å². The van der Waals surface area contributed by atoms with Gasteiger partial charge in [0.05, 0.1) is 44.3 Å². The van der Waals surface area contributed by atoms with Gasteiger partial charge >= 0.3 is 11.9 Å². The highest BCUT2D eigenvalue weighted by atomic mass is 79.9. The Hall–Kier alpha value is -4.72. The van der Waals surface area contributed by atoms with E-state index in [2.05, 4.69) is 90.7 Å². The summed E-state index contributed by atoms with van der Waals surface area (Å²) in [6.45, 7) is 12.4. The molecule has 0 N–H and O–H groups in total. The molecule has 0 spiro atoms. The second-order valence-electron chi connectivity index (χ2n) is 22.0. The van der Waals surface area contributed by atoms with Crippen LogP contribution in [0.1, 0.15) is 71.2 Å². The first-order chi connectivity index (χ1) is 44.7. The molecule has 0 aliphatic rings. The monoisotopic (exact) mass is 1630 g/mol. The average molecular weight is 1640 g/mol. The molecular weight excluding hydrogens is 1570 g/mol. The van der Waals surface area contributed by atoms with Crippen molar-refractivity contribution in [2.45, 2.75) is 55.1 Å². The fraction of sp³-hybridized carbons (Fsp3) is 0.260. The zero-order valence-electron chi connectivity index (χ0n) is 50.7. The molecule has 8 aromatic carbocycles. The van der Waals surface area contributed by atoms with E-state index < -0.39 is 40.4 Å². The van der Waals surface area contributed by atoms with Gasteiger partial charge in [0.1, 0.15) is 50.1 Å². The maximum Gasteiger partial charge on any atom is 0.330 e. The Morgan fingerprint density at radius 1 is 0.387 bits per heavy atom. The Morgan fingerprint density at radius 2 is 0.634 bits per heavy atom. The second kappa shape index (κ2) is 35.5. The smallest absolute Gasteiger partial charge is 0.330 e. The summed E-state index contributed by atoms with van der Waals surface area (Å²) < 4.78 is 52.0. The molecule has 2 atom stereocenters. The average Bonchev–Trinajstić information content (AvgIpc) is 0.785. The van der Waals surface area contributed by atoms with Crippen LogP contribution in [0, 0.1) is 0 Å². The molecule has 0 saturated carbocycles. The van der Waals surface area contributed by atoms with E-state index in [-0.39, 0.29) is 66.1 Å². The summed E-state index contributed by atoms with van der Waals surface area (Å²) in [5.41, 5.74) is 5.81. The minimum Gasteiger partial charge on any atom is -0.488 e. The Bertz CT molecular complexity index is 3270. The largest absolute Gasteiger partial charge is 0.488 e. The molecule has 0 heterocycles.